The molecule has 1 amide bonds. The zero-order valence-corrected chi connectivity index (χ0v) is 13.1. The van der Waals surface area contributed by atoms with Crippen molar-refractivity contribution in [1.29, 1.82) is 0 Å². The molecule has 3 aromatic rings. The van der Waals surface area contributed by atoms with Crippen LogP contribution in [-0.2, 0) is 0 Å². The van der Waals surface area contributed by atoms with Gasteiger partial charge in [0, 0.05) is 15.7 Å². The van der Waals surface area contributed by atoms with Crippen LogP contribution in [0.5, 0.6) is 0 Å². The lowest BCUT2D eigenvalue weighted by atomic mass is 10.1. The summed E-state index contributed by atoms with van der Waals surface area (Å²) in [4.78, 5) is 12.1. The number of rotatable bonds is 3. The van der Waals surface area contributed by atoms with Crippen LogP contribution in [0, 0.1) is 0 Å². The Labute approximate surface area is 136 Å². The van der Waals surface area contributed by atoms with Crippen molar-refractivity contribution in [1.82, 2.24) is 10.2 Å². The molecule has 1 aromatic heterocycles. The number of carbonyl (C=O) groups is 1. The van der Waals surface area contributed by atoms with E-state index in [9.17, 15) is 4.79 Å². The molecule has 4 nitrogen and oxygen atoms in total. The van der Waals surface area contributed by atoms with E-state index in [1.807, 2.05) is 54.6 Å². The number of hydrogen-bond donors (Lipinski definition) is 1. The summed E-state index contributed by atoms with van der Waals surface area (Å²) in [6.45, 7) is 0. The van der Waals surface area contributed by atoms with Gasteiger partial charge < -0.3 is 5.32 Å². The van der Waals surface area contributed by atoms with E-state index in [1.165, 1.54) is 0 Å². The molecule has 0 spiro atoms. The molecule has 0 saturated carbocycles. The monoisotopic (exact) mass is 353 g/mol. The Bertz CT molecular complexity index is 789. The minimum Gasteiger partial charge on any atom is -0.321 e. The third-order valence-electron chi connectivity index (χ3n) is 3.05. The first kappa shape index (κ1) is 14.4. The van der Waals surface area contributed by atoms with Crippen molar-refractivity contribution in [3.05, 3.63) is 76.9 Å². The highest BCUT2D eigenvalue weighted by Crippen LogP contribution is 2.17. The average molecular weight is 354 g/mol. The average Bonchev–Trinajstić information content (AvgIpc) is 2.56. The fourth-order valence-corrected chi connectivity index (χ4v) is 2.38. The van der Waals surface area contributed by atoms with E-state index in [4.69, 9.17) is 0 Å². The number of aromatic nitrogens is 2. The van der Waals surface area contributed by atoms with Crippen LogP contribution in [0.4, 0.5) is 5.69 Å². The molecule has 0 atom stereocenters. The van der Waals surface area contributed by atoms with Crippen molar-refractivity contribution in [3.63, 3.8) is 0 Å². The zero-order valence-electron chi connectivity index (χ0n) is 11.5. The summed E-state index contributed by atoms with van der Waals surface area (Å²) in [5, 5.41) is 10.9. The summed E-state index contributed by atoms with van der Waals surface area (Å²) in [5.41, 5.74) is 2.68. The minimum absolute atomic E-state index is 0.277. The van der Waals surface area contributed by atoms with Crippen LogP contribution in [0.1, 0.15) is 10.5 Å². The third-order valence-corrected chi connectivity index (χ3v) is 3.54. The summed E-state index contributed by atoms with van der Waals surface area (Å²) < 4.78 is 0.899. The van der Waals surface area contributed by atoms with E-state index < -0.39 is 0 Å². The first-order valence-electron chi connectivity index (χ1n) is 6.68. The topological polar surface area (TPSA) is 54.9 Å². The number of benzene rings is 2. The van der Waals surface area contributed by atoms with Gasteiger partial charge in [-0.3, -0.25) is 4.79 Å². The predicted molar refractivity (Wildman–Crippen MR) is 89.6 cm³/mol. The smallest absolute Gasteiger partial charge is 0.276 e. The van der Waals surface area contributed by atoms with E-state index in [0.717, 1.165) is 15.7 Å². The van der Waals surface area contributed by atoms with Crippen LogP contribution in [0.3, 0.4) is 0 Å². The molecule has 22 heavy (non-hydrogen) atoms. The van der Waals surface area contributed by atoms with Gasteiger partial charge >= 0.3 is 0 Å². The number of hydrogen-bond acceptors (Lipinski definition) is 3. The molecule has 0 bridgehead atoms. The number of anilines is 1. The standard InChI is InChI=1S/C17H12BrN3O/c18-13-7-4-8-14(11-13)19-17(22)16-10-9-15(20-21-16)12-5-2-1-3-6-12/h1-11H,(H,19,22). The Morgan fingerprint density at radius 2 is 1.73 bits per heavy atom. The number of halogens is 1. The van der Waals surface area contributed by atoms with Crippen LogP contribution >= 0.6 is 15.9 Å². The van der Waals surface area contributed by atoms with Crippen LogP contribution in [0.2, 0.25) is 0 Å². The fourth-order valence-electron chi connectivity index (χ4n) is 1.98. The molecule has 2 aromatic carbocycles. The van der Waals surface area contributed by atoms with Gasteiger partial charge in [-0.15, -0.1) is 10.2 Å². The Balaban J connectivity index is 1.76. The van der Waals surface area contributed by atoms with Crippen molar-refractivity contribution < 1.29 is 4.79 Å². The van der Waals surface area contributed by atoms with Crippen molar-refractivity contribution in [2.75, 3.05) is 5.32 Å². The van der Waals surface area contributed by atoms with Gasteiger partial charge in [-0.05, 0) is 30.3 Å². The van der Waals surface area contributed by atoms with Crippen molar-refractivity contribution >= 4 is 27.5 Å². The maximum absolute atomic E-state index is 12.1. The Morgan fingerprint density at radius 3 is 2.41 bits per heavy atom. The summed E-state index contributed by atoms with van der Waals surface area (Å²) >= 11 is 3.36. The lowest BCUT2D eigenvalue weighted by Gasteiger charge is -2.05. The molecule has 0 unspecified atom stereocenters. The number of carbonyl (C=O) groups excluding carboxylic acids is 1. The molecule has 0 aliphatic heterocycles. The molecular formula is C17H12BrN3O. The van der Waals surface area contributed by atoms with Gasteiger partial charge in [0.15, 0.2) is 5.69 Å². The predicted octanol–water partition coefficient (Wildman–Crippen LogP) is 4.16. The van der Waals surface area contributed by atoms with E-state index in [1.54, 1.807) is 12.1 Å². The molecule has 0 radical (unpaired) electrons. The molecule has 5 heteroatoms. The van der Waals surface area contributed by atoms with Crippen LogP contribution < -0.4 is 5.32 Å². The quantitative estimate of drug-likeness (QED) is 0.769. The van der Waals surface area contributed by atoms with Crippen LogP contribution in [-0.4, -0.2) is 16.1 Å². The van der Waals surface area contributed by atoms with Gasteiger partial charge in [0.2, 0.25) is 0 Å². The summed E-state index contributed by atoms with van der Waals surface area (Å²) in [5.74, 6) is -0.287. The van der Waals surface area contributed by atoms with E-state index in [0.29, 0.717) is 5.69 Å². The van der Waals surface area contributed by atoms with Gasteiger partial charge in [-0.25, -0.2) is 0 Å². The molecule has 0 aliphatic carbocycles. The zero-order chi connectivity index (χ0) is 15.4. The number of nitrogens with zero attached hydrogens (tertiary/aromatic N) is 2. The molecule has 0 fully saturated rings. The summed E-state index contributed by atoms with van der Waals surface area (Å²) in [6, 6.07) is 20.6. The Morgan fingerprint density at radius 1 is 0.909 bits per heavy atom. The van der Waals surface area contributed by atoms with Gasteiger partial charge in [-0.1, -0.05) is 52.3 Å². The maximum atomic E-state index is 12.1. The van der Waals surface area contributed by atoms with Crippen molar-refractivity contribution in [2.24, 2.45) is 0 Å². The molecule has 1 heterocycles. The molecule has 0 saturated heterocycles. The lowest BCUT2D eigenvalue weighted by Crippen LogP contribution is -2.14. The summed E-state index contributed by atoms with van der Waals surface area (Å²) in [7, 11) is 0. The maximum Gasteiger partial charge on any atom is 0.276 e. The summed E-state index contributed by atoms with van der Waals surface area (Å²) in [6.07, 6.45) is 0. The third kappa shape index (κ3) is 3.38. The first-order chi connectivity index (χ1) is 10.7. The minimum atomic E-state index is -0.287. The van der Waals surface area contributed by atoms with Crippen LogP contribution in [0.25, 0.3) is 11.3 Å². The van der Waals surface area contributed by atoms with E-state index in [-0.39, 0.29) is 11.6 Å². The van der Waals surface area contributed by atoms with E-state index >= 15 is 0 Å². The molecule has 108 valence electrons. The highest BCUT2D eigenvalue weighted by atomic mass is 79.9. The highest BCUT2D eigenvalue weighted by molar-refractivity contribution is 9.10. The van der Waals surface area contributed by atoms with Gasteiger partial charge in [0.05, 0.1) is 5.69 Å². The largest absolute Gasteiger partial charge is 0.321 e. The number of nitrogens with one attached hydrogen (secondary N) is 1. The fraction of sp³-hybridized carbons (Fsp3) is 0. The second-order valence-electron chi connectivity index (χ2n) is 4.63. The van der Waals surface area contributed by atoms with Gasteiger partial charge in [0.1, 0.15) is 0 Å². The number of amides is 1. The van der Waals surface area contributed by atoms with Crippen LogP contribution in [0.15, 0.2) is 71.2 Å². The normalized spacial score (nSPS) is 10.2. The molecule has 3 rings (SSSR count). The second-order valence-corrected chi connectivity index (χ2v) is 5.55. The molecule has 1 N–H and O–H groups in total. The van der Waals surface area contributed by atoms with Gasteiger partial charge in [-0.2, -0.15) is 0 Å². The molecule has 0 aliphatic rings. The Hall–Kier alpha value is -2.53. The SMILES string of the molecule is O=C(Nc1cccc(Br)c1)c1ccc(-c2ccccc2)nn1. The van der Waals surface area contributed by atoms with Crippen molar-refractivity contribution in [3.8, 4) is 11.3 Å². The molecular weight excluding hydrogens is 342 g/mol. The first-order valence-corrected chi connectivity index (χ1v) is 7.48. The van der Waals surface area contributed by atoms with E-state index in [2.05, 4.69) is 31.4 Å². The lowest BCUT2D eigenvalue weighted by molar-refractivity contribution is 0.102. The second kappa shape index (κ2) is 6.49. The van der Waals surface area contributed by atoms with Crippen molar-refractivity contribution in [2.45, 2.75) is 0 Å². The Kier molecular flexibility index (Phi) is 4.25. The highest BCUT2D eigenvalue weighted by Gasteiger charge is 2.09. The van der Waals surface area contributed by atoms with Gasteiger partial charge in [0.25, 0.3) is 5.91 Å².